The Hall–Kier alpha value is -1.35. The molecule has 0 saturated carbocycles. The molecule has 3 heteroatoms. The van der Waals surface area contributed by atoms with Crippen LogP contribution < -0.4 is 11.1 Å². The molecular formula is C14H22N2O. The average molecular weight is 234 g/mol. The molecular weight excluding hydrogens is 212 g/mol. The largest absolute Gasteiger partial charge is 0.349 e. The normalized spacial score (nSPS) is 14.1. The van der Waals surface area contributed by atoms with E-state index in [1.165, 1.54) is 0 Å². The molecule has 0 spiro atoms. The van der Waals surface area contributed by atoms with Crippen molar-refractivity contribution >= 4 is 5.91 Å². The summed E-state index contributed by atoms with van der Waals surface area (Å²) < 4.78 is 0. The SMILES string of the molecule is CCC(C)C(C)NC(=O)c1ccc(CN)cc1. The topological polar surface area (TPSA) is 55.1 Å². The molecule has 17 heavy (non-hydrogen) atoms. The Morgan fingerprint density at radius 2 is 1.88 bits per heavy atom. The molecule has 1 aromatic rings. The highest BCUT2D eigenvalue weighted by molar-refractivity contribution is 5.94. The minimum atomic E-state index is -0.0126. The van der Waals surface area contributed by atoms with Gasteiger partial charge < -0.3 is 11.1 Å². The molecule has 0 bridgehead atoms. The zero-order valence-corrected chi connectivity index (χ0v) is 10.9. The highest BCUT2D eigenvalue weighted by Gasteiger charge is 2.14. The molecule has 0 heterocycles. The Labute approximate surface area is 103 Å². The van der Waals surface area contributed by atoms with Crippen molar-refractivity contribution in [1.29, 1.82) is 0 Å². The van der Waals surface area contributed by atoms with Gasteiger partial charge in [-0.15, -0.1) is 0 Å². The van der Waals surface area contributed by atoms with Crippen LogP contribution in [0, 0.1) is 5.92 Å². The third-order valence-corrected chi connectivity index (χ3v) is 3.31. The minimum Gasteiger partial charge on any atom is -0.349 e. The summed E-state index contributed by atoms with van der Waals surface area (Å²) >= 11 is 0. The van der Waals surface area contributed by atoms with Crippen LogP contribution in [-0.4, -0.2) is 11.9 Å². The Morgan fingerprint density at radius 3 is 2.35 bits per heavy atom. The van der Waals surface area contributed by atoms with Gasteiger partial charge in [0.15, 0.2) is 0 Å². The number of carbonyl (C=O) groups excluding carboxylic acids is 1. The Balaban J connectivity index is 2.63. The molecule has 1 aromatic carbocycles. The van der Waals surface area contributed by atoms with Gasteiger partial charge in [-0.3, -0.25) is 4.79 Å². The fourth-order valence-corrected chi connectivity index (χ4v) is 1.58. The third kappa shape index (κ3) is 3.86. The number of amides is 1. The summed E-state index contributed by atoms with van der Waals surface area (Å²) in [7, 11) is 0. The highest BCUT2D eigenvalue weighted by atomic mass is 16.1. The molecule has 1 amide bonds. The molecule has 94 valence electrons. The Bertz CT molecular complexity index is 359. The molecule has 3 N–H and O–H groups in total. The van der Waals surface area contributed by atoms with E-state index in [9.17, 15) is 4.79 Å². The third-order valence-electron chi connectivity index (χ3n) is 3.31. The number of nitrogens with one attached hydrogen (secondary N) is 1. The maximum Gasteiger partial charge on any atom is 0.251 e. The van der Waals surface area contributed by atoms with Crippen molar-refractivity contribution in [3.63, 3.8) is 0 Å². The fourth-order valence-electron chi connectivity index (χ4n) is 1.58. The van der Waals surface area contributed by atoms with Crippen LogP contribution in [-0.2, 0) is 6.54 Å². The van der Waals surface area contributed by atoms with E-state index in [1.54, 1.807) is 0 Å². The van der Waals surface area contributed by atoms with Crippen molar-refractivity contribution in [2.75, 3.05) is 0 Å². The predicted molar refractivity (Wildman–Crippen MR) is 70.7 cm³/mol. The molecule has 0 aromatic heterocycles. The molecule has 0 fully saturated rings. The maximum atomic E-state index is 11.9. The van der Waals surface area contributed by atoms with Gasteiger partial charge >= 0.3 is 0 Å². The average Bonchev–Trinajstić information content (AvgIpc) is 2.37. The molecule has 0 saturated heterocycles. The Morgan fingerprint density at radius 1 is 1.29 bits per heavy atom. The van der Waals surface area contributed by atoms with Crippen molar-refractivity contribution in [1.82, 2.24) is 5.32 Å². The van der Waals surface area contributed by atoms with E-state index in [4.69, 9.17) is 5.73 Å². The van der Waals surface area contributed by atoms with Gasteiger partial charge in [-0.05, 0) is 30.5 Å². The first-order valence-electron chi connectivity index (χ1n) is 6.18. The highest BCUT2D eigenvalue weighted by Crippen LogP contribution is 2.09. The zero-order valence-electron chi connectivity index (χ0n) is 10.9. The molecule has 2 atom stereocenters. The first kappa shape index (κ1) is 13.7. The molecule has 3 nitrogen and oxygen atoms in total. The summed E-state index contributed by atoms with van der Waals surface area (Å²) in [5.41, 5.74) is 7.24. The summed E-state index contributed by atoms with van der Waals surface area (Å²) in [6.07, 6.45) is 1.06. The summed E-state index contributed by atoms with van der Waals surface area (Å²) in [5.74, 6) is 0.476. The lowest BCUT2D eigenvalue weighted by molar-refractivity contribution is 0.0928. The van der Waals surface area contributed by atoms with Crippen LogP contribution >= 0.6 is 0 Å². The monoisotopic (exact) mass is 234 g/mol. The molecule has 0 aliphatic carbocycles. The quantitative estimate of drug-likeness (QED) is 0.821. The number of rotatable bonds is 5. The van der Waals surface area contributed by atoms with Crippen molar-refractivity contribution in [2.45, 2.75) is 39.8 Å². The smallest absolute Gasteiger partial charge is 0.251 e. The minimum absolute atomic E-state index is 0.0126. The lowest BCUT2D eigenvalue weighted by Crippen LogP contribution is -2.36. The number of nitrogens with two attached hydrogens (primary N) is 1. The van der Waals surface area contributed by atoms with Gasteiger partial charge in [-0.2, -0.15) is 0 Å². The van der Waals surface area contributed by atoms with Crippen molar-refractivity contribution in [3.8, 4) is 0 Å². The lowest BCUT2D eigenvalue weighted by atomic mass is 10.0. The second-order valence-corrected chi connectivity index (χ2v) is 4.55. The second kappa shape index (κ2) is 6.40. The van der Waals surface area contributed by atoms with Crippen molar-refractivity contribution in [3.05, 3.63) is 35.4 Å². The van der Waals surface area contributed by atoms with Gasteiger partial charge in [-0.25, -0.2) is 0 Å². The summed E-state index contributed by atoms with van der Waals surface area (Å²) in [4.78, 5) is 11.9. The zero-order chi connectivity index (χ0) is 12.8. The van der Waals surface area contributed by atoms with E-state index in [2.05, 4.69) is 19.2 Å². The number of benzene rings is 1. The first-order chi connectivity index (χ1) is 8.08. The van der Waals surface area contributed by atoms with E-state index in [1.807, 2.05) is 31.2 Å². The maximum absolute atomic E-state index is 11.9. The van der Waals surface area contributed by atoms with Gasteiger partial charge in [0.25, 0.3) is 5.91 Å². The summed E-state index contributed by atoms with van der Waals surface area (Å²) in [6, 6.07) is 7.62. The van der Waals surface area contributed by atoms with Crippen LogP contribution in [0.4, 0.5) is 0 Å². The van der Waals surface area contributed by atoms with E-state index in [-0.39, 0.29) is 11.9 Å². The van der Waals surface area contributed by atoms with E-state index >= 15 is 0 Å². The van der Waals surface area contributed by atoms with Crippen molar-refractivity contribution < 1.29 is 4.79 Å². The van der Waals surface area contributed by atoms with E-state index < -0.39 is 0 Å². The van der Waals surface area contributed by atoms with Crippen LogP contribution in [0.3, 0.4) is 0 Å². The number of hydrogen-bond donors (Lipinski definition) is 2. The molecule has 1 rings (SSSR count). The van der Waals surface area contributed by atoms with Crippen LogP contribution in [0.2, 0.25) is 0 Å². The summed E-state index contributed by atoms with van der Waals surface area (Å²) in [5, 5.41) is 3.01. The van der Waals surface area contributed by atoms with Gasteiger partial charge in [0.2, 0.25) is 0 Å². The van der Waals surface area contributed by atoms with Crippen LogP contribution in [0.5, 0.6) is 0 Å². The molecule has 0 aliphatic heterocycles. The first-order valence-corrected chi connectivity index (χ1v) is 6.18. The van der Waals surface area contributed by atoms with E-state index in [0.29, 0.717) is 18.0 Å². The second-order valence-electron chi connectivity index (χ2n) is 4.55. The fraction of sp³-hybridized carbons (Fsp3) is 0.500. The number of carbonyl (C=O) groups is 1. The molecule has 0 radical (unpaired) electrons. The van der Waals surface area contributed by atoms with E-state index in [0.717, 1.165) is 12.0 Å². The standard InChI is InChI=1S/C14H22N2O/c1-4-10(2)11(3)16-14(17)13-7-5-12(9-15)6-8-13/h5-8,10-11H,4,9,15H2,1-3H3,(H,16,17). The van der Waals surface area contributed by atoms with Gasteiger partial charge in [-0.1, -0.05) is 32.4 Å². The predicted octanol–water partition coefficient (Wildman–Crippen LogP) is 2.31. The molecule has 0 aliphatic rings. The Kier molecular flexibility index (Phi) is 5.16. The van der Waals surface area contributed by atoms with Crippen LogP contribution in [0.1, 0.15) is 43.1 Å². The van der Waals surface area contributed by atoms with Gasteiger partial charge in [0.05, 0.1) is 0 Å². The van der Waals surface area contributed by atoms with Crippen LogP contribution in [0.15, 0.2) is 24.3 Å². The van der Waals surface area contributed by atoms with Gasteiger partial charge in [0.1, 0.15) is 0 Å². The summed E-state index contributed by atoms with van der Waals surface area (Å²) in [6.45, 7) is 6.82. The lowest BCUT2D eigenvalue weighted by Gasteiger charge is -2.19. The van der Waals surface area contributed by atoms with Gasteiger partial charge in [0, 0.05) is 18.2 Å². The molecule has 2 unspecified atom stereocenters. The van der Waals surface area contributed by atoms with Crippen molar-refractivity contribution in [2.24, 2.45) is 11.7 Å². The van der Waals surface area contributed by atoms with Crippen LogP contribution in [0.25, 0.3) is 0 Å². The number of hydrogen-bond acceptors (Lipinski definition) is 2.